The third kappa shape index (κ3) is 22.4. The van der Waals surface area contributed by atoms with E-state index in [1.54, 1.807) is 0 Å². The highest BCUT2D eigenvalue weighted by molar-refractivity contribution is 5.75. The second kappa shape index (κ2) is 20.0. The highest BCUT2D eigenvalue weighted by Crippen LogP contribution is 2.13. The normalized spacial score (nSPS) is 10.3. The second-order valence-electron chi connectivity index (χ2n) is 6.09. The highest BCUT2D eigenvalue weighted by Gasteiger charge is 1.97. The van der Waals surface area contributed by atoms with Gasteiger partial charge < -0.3 is 5.11 Å². The van der Waals surface area contributed by atoms with Crippen molar-refractivity contribution >= 4 is 23.3 Å². The van der Waals surface area contributed by atoms with Gasteiger partial charge in [-0.3, -0.25) is 4.79 Å². The molecule has 0 spiro atoms. The van der Waals surface area contributed by atoms with Gasteiger partial charge in [0.15, 0.2) is 0 Å². The Morgan fingerprint density at radius 1 is 0.619 bits per heavy atom. The monoisotopic (exact) mass is 311 g/mol. The van der Waals surface area contributed by atoms with E-state index in [0.717, 1.165) is 12.8 Å². The first-order chi connectivity index (χ1) is 9.77. The van der Waals surface area contributed by atoms with Gasteiger partial charge in [0, 0.05) is 23.8 Å². The van der Waals surface area contributed by atoms with Crippen molar-refractivity contribution in [2.45, 2.75) is 110 Å². The van der Waals surface area contributed by atoms with Crippen molar-refractivity contribution in [3.05, 3.63) is 0 Å². The molecule has 1 N–H and O–H groups in total. The van der Waals surface area contributed by atoms with Crippen molar-refractivity contribution in [3.63, 3.8) is 0 Å². The summed E-state index contributed by atoms with van der Waals surface area (Å²) < 4.78 is 0. The van der Waals surface area contributed by atoms with Gasteiger partial charge in [0.05, 0.1) is 0 Å². The van der Waals surface area contributed by atoms with Gasteiger partial charge in [-0.2, -0.15) is 0 Å². The Hall–Kier alpha value is 0.00247. The molecule has 0 aliphatic rings. The van der Waals surface area contributed by atoms with E-state index in [4.69, 9.17) is 5.11 Å². The first-order valence-corrected chi connectivity index (χ1v) is 8.99. The zero-order chi connectivity index (χ0) is 14.9. The number of hydrogen-bond donors (Lipinski definition) is 1. The smallest absolute Gasteiger partial charge is 0.303 e. The fourth-order valence-corrected chi connectivity index (χ4v) is 2.65. The topological polar surface area (TPSA) is 37.3 Å². The summed E-state index contributed by atoms with van der Waals surface area (Å²) in [5.41, 5.74) is 0. The fourth-order valence-electron chi connectivity index (χ4n) is 2.65. The van der Waals surface area contributed by atoms with Crippen molar-refractivity contribution in [1.82, 2.24) is 0 Å². The molecular weight excluding hydrogens is 275 g/mol. The molecule has 0 aromatic rings. The van der Waals surface area contributed by atoms with Crippen LogP contribution >= 0.6 is 0 Å². The van der Waals surface area contributed by atoms with E-state index >= 15 is 0 Å². The minimum atomic E-state index is -0.653. The maximum absolute atomic E-state index is 10.3. The van der Waals surface area contributed by atoms with E-state index < -0.39 is 5.97 Å². The molecule has 0 atom stereocenters. The predicted molar refractivity (Wildman–Crippen MR) is 92.9 cm³/mol. The molecule has 0 amide bonds. The summed E-state index contributed by atoms with van der Waals surface area (Å²) in [5.74, 6) is -0.653. The van der Waals surface area contributed by atoms with Gasteiger partial charge in [0.2, 0.25) is 0 Å². The van der Waals surface area contributed by atoms with Crippen LogP contribution in [0.4, 0.5) is 0 Å². The molecule has 3 radical (unpaired) electrons. The predicted octanol–water partition coefficient (Wildman–Crippen LogP) is 5.95. The first-order valence-electron chi connectivity index (χ1n) is 8.99. The van der Waals surface area contributed by atoms with Gasteiger partial charge in [-0.05, 0) is 6.42 Å². The molecule has 0 aliphatic heterocycles. The Morgan fingerprint density at radius 3 is 1.19 bits per heavy atom. The van der Waals surface area contributed by atoms with Crippen molar-refractivity contribution in [2.75, 3.05) is 0 Å². The van der Waals surface area contributed by atoms with E-state index in [9.17, 15) is 4.79 Å². The summed E-state index contributed by atoms with van der Waals surface area (Å²) in [6, 6.07) is 0. The molecule has 0 aliphatic carbocycles. The Morgan fingerprint density at radius 2 is 0.905 bits per heavy atom. The number of carboxylic acid groups (broad SMARTS) is 1. The number of hydrogen-bond acceptors (Lipinski definition) is 1. The Bertz CT molecular complexity index is 207. The number of rotatable bonds is 16. The lowest BCUT2D eigenvalue weighted by Crippen LogP contribution is -1.93. The van der Waals surface area contributed by atoms with E-state index in [2.05, 4.69) is 6.92 Å². The molecule has 123 valence electrons. The Kier molecular flexibility index (Phi) is 22.2. The standard InChI is InChI=1S/C18H36O2.Al/c1-2-3-4-5-6-7-8-9-10-11-12-13-14-15-16-17-18(19)20;/h2-17H2,1H3,(H,19,20);. The molecule has 0 bridgehead atoms. The van der Waals surface area contributed by atoms with Gasteiger partial charge in [0.1, 0.15) is 0 Å². The molecule has 0 saturated heterocycles. The number of carbonyl (C=O) groups is 1. The van der Waals surface area contributed by atoms with Crippen LogP contribution in [0.2, 0.25) is 0 Å². The van der Waals surface area contributed by atoms with Crippen LogP contribution in [0.3, 0.4) is 0 Å². The van der Waals surface area contributed by atoms with E-state index in [-0.39, 0.29) is 17.4 Å². The molecule has 0 rings (SSSR count). The van der Waals surface area contributed by atoms with Gasteiger partial charge in [-0.15, -0.1) is 0 Å². The van der Waals surface area contributed by atoms with Crippen molar-refractivity contribution < 1.29 is 9.90 Å². The Balaban J connectivity index is 0. The minimum absolute atomic E-state index is 0. The summed E-state index contributed by atoms with van der Waals surface area (Å²) in [7, 11) is 0. The molecule has 21 heavy (non-hydrogen) atoms. The van der Waals surface area contributed by atoms with Crippen molar-refractivity contribution in [2.24, 2.45) is 0 Å². The zero-order valence-corrected chi connectivity index (χ0v) is 15.4. The summed E-state index contributed by atoms with van der Waals surface area (Å²) in [5, 5.41) is 8.52. The van der Waals surface area contributed by atoms with Gasteiger partial charge in [-0.1, -0.05) is 96.8 Å². The van der Waals surface area contributed by atoms with E-state index in [1.807, 2.05) is 0 Å². The summed E-state index contributed by atoms with van der Waals surface area (Å²) in [4.78, 5) is 10.3. The molecule has 0 aromatic heterocycles. The van der Waals surface area contributed by atoms with Gasteiger partial charge in [-0.25, -0.2) is 0 Å². The lowest BCUT2D eigenvalue weighted by molar-refractivity contribution is -0.137. The fraction of sp³-hybridized carbons (Fsp3) is 0.944. The Labute approximate surface area is 143 Å². The zero-order valence-electron chi connectivity index (χ0n) is 14.2. The SMILES string of the molecule is CCCCCCCCCCCCCCCCCC(=O)O.[Al]. The molecule has 0 fully saturated rings. The lowest BCUT2D eigenvalue weighted by atomic mass is 10.0. The third-order valence-electron chi connectivity index (χ3n) is 3.99. The van der Waals surface area contributed by atoms with Gasteiger partial charge in [0.25, 0.3) is 0 Å². The van der Waals surface area contributed by atoms with Crippen LogP contribution < -0.4 is 0 Å². The number of carboxylic acids is 1. The maximum Gasteiger partial charge on any atom is 0.303 e. The molecular formula is C18H36AlO2. The molecule has 2 nitrogen and oxygen atoms in total. The molecule has 0 aromatic carbocycles. The number of unbranched alkanes of at least 4 members (excludes halogenated alkanes) is 14. The molecule has 0 unspecified atom stereocenters. The number of aliphatic carboxylic acids is 1. The largest absolute Gasteiger partial charge is 0.481 e. The lowest BCUT2D eigenvalue weighted by Gasteiger charge is -2.03. The maximum atomic E-state index is 10.3. The van der Waals surface area contributed by atoms with E-state index in [1.165, 1.54) is 83.5 Å². The first kappa shape index (κ1) is 23.3. The summed E-state index contributed by atoms with van der Waals surface area (Å²) in [6.07, 6.45) is 20.2. The van der Waals surface area contributed by atoms with Gasteiger partial charge >= 0.3 is 5.97 Å². The van der Waals surface area contributed by atoms with Crippen LogP contribution in [0.5, 0.6) is 0 Å². The molecule has 0 saturated carbocycles. The molecule has 3 heteroatoms. The third-order valence-corrected chi connectivity index (χ3v) is 3.99. The summed E-state index contributed by atoms with van der Waals surface area (Å²) >= 11 is 0. The molecule has 0 heterocycles. The second-order valence-corrected chi connectivity index (χ2v) is 6.09. The van der Waals surface area contributed by atoms with Crippen LogP contribution in [-0.4, -0.2) is 28.4 Å². The van der Waals surface area contributed by atoms with Crippen LogP contribution in [-0.2, 0) is 4.79 Å². The van der Waals surface area contributed by atoms with Crippen molar-refractivity contribution in [3.8, 4) is 0 Å². The summed E-state index contributed by atoms with van der Waals surface area (Å²) in [6.45, 7) is 2.27. The van der Waals surface area contributed by atoms with Crippen LogP contribution in [0, 0.1) is 0 Å². The van der Waals surface area contributed by atoms with Crippen molar-refractivity contribution in [1.29, 1.82) is 0 Å². The van der Waals surface area contributed by atoms with Crippen LogP contribution in [0.15, 0.2) is 0 Å². The average molecular weight is 311 g/mol. The minimum Gasteiger partial charge on any atom is -0.481 e. The average Bonchev–Trinajstić information content (AvgIpc) is 2.43. The van der Waals surface area contributed by atoms with E-state index in [0.29, 0.717) is 6.42 Å². The van der Waals surface area contributed by atoms with Crippen LogP contribution in [0.25, 0.3) is 0 Å². The highest BCUT2D eigenvalue weighted by atomic mass is 27.0. The quantitative estimate of drug-likeness (QED) is 0.282. The van der Waals surface area contributed by atoms with Crippen LogP contribution in [0.1, 0.15) is 110 Å².